The molecule has 0 spiro atoms. The second-order valence-corrected chi connectivity index (χ2v) is 5.33. The first kappa shape index (κ1) is 13.6. The molecule has 0 saturated carbocycles. The highest BCUT2D eigenvalue weighted by Gasteiger charge is 2.12. The first-order valence-electron chi connectivity index (χ1n) is 7.49. The Morgan fingerprint density at radius 1 is 1.00 bits per heavy atom. The van der Waals surface area contributed by atoms with Crippen LogP contribution in [-0.2, 0) is 0 Å². The third-order valence-corrected chi connectivity index (χ3v) is 3.88. The largest absolute Gasteiger partial charge is 0.322 e. The Morgan fingerprint density at radius 2 is 1.71 bits per heavy atom. The number of rotatable bonds is 4. The second-order valence-electron chi connectivity index (χ2n) is 5.33. The van der Waals surface area contributed by atoms with E-state index in [-0.39, 0.29) is 0 Å². The van der Waals surface area contributed by atoms with Gasteiger partial charge in [0.2, 0.25) is 0 Å². The molecule has 1 heterocycles. The molecular weight excluding hydrogens is 256 g/mol. The van der Waals surface area contributed by atoms with Gasteiger partial charge in [0.05, 0.1) is 11.0 Å². The molecule has 0 N–H and O–H groups in total. The van der Waals surface area contributed by atoms with E-state index in [0.29, 0.717) is 6.04 Å². The van der Waals surface area contributed by atoms with Crippen molar-refractivity contribution < 1.29 is 0 Å². The number of hydrogen-bond acceptors (Lipinski definition) is 1. The van der Waals surface area contributed by atoms with Gasteiger partial charge < -0.3 is 4.57 Å². The van der Waals surface area contributed by atoms with Crippen LogP contribution >= 0.6 is 0 Å². The number of hydrogen-bond donors (Lipinski definition) is 0. The van der Waals surface area contributed by atoms with E-state index in [4.69, 9.17) is 4.98 Å². The van der Waals surface area contributed by atoms with Crippen molar-refractivity contribution in [1.82, 2.24) is 9.55 Å². The zero-order valence-electron chi connectivity index (χ0n) is 12.5. The molecule has 0 aliphatic rings. The molecule has 0 amide bonds. The van der Waals surface area contributed by atoms with Gasteiger partial charge in [0.15, 0.2) is 0 Å². The van der Waals surface area contributed by atoms with Crippen LogP contribution in [0.1, 0.15) is 37.7 Å². The molecule has 1 atom stereocenters. The molecule has 1 aromatic heterocycles. The summed E-state index contributed by atoms with van der Waals surface area (Å²) in [4.78, 5) is 4.77. The fourth-order valence-electron chi connectivity index (χ4n) is 2.56. The summed E-state index contributed by atoms with van der Waals surface area (Å²) in [7, 11) is 0. The number of nitrogens with zero attached hydrogens (tertiary/aromatic N) is 2. The summed E-state index contributed by atoms with van der Waals surface area (Å²) in [5, 5.41) is 0. The molecule has 0 aliphatic carbocycles. The summed E-state index contributed by atoms with van der Waals surface area (Å²) < 4.78 is 2.33. The number of benzene rings is 2. The van der Waals surface area contributed by atoms with Gasteiger partial charge in [-0.05, 0) is 37.1 Å². The maximum absolute atomic E-state index is 4.77. The van der Waals surface area contributed by atoms with Crippen molar-refractivity contribution in [2.45, 2.75) is 26.3 Å². The maximum Gasteiger partial charge on any atom is 0.134 e. The van der Waals surface area contributed by atoms with E-state index in [1.54, 1.807) is 0 Å². The minimum absolute atomic E-state index is 0.438. The molecule has 21 heavy (non-hydrogen) atoms. The van der Waals surface area contributed by atoms with Gasteiger partial charge in [0, 0.05) is 6.04 Å². The van der Waals surface area contributed by atoms with Gasteiger partial charge in [-0.3, -0.25) is 0 Å². The third-order valence-electron chi connectivity index (χ3n) is 3.88. The van der Waals surface area contributed by atoms with E-state index in [1.807, 2.05) is 12.1 Å². The molecule has 3 rings (SSSR count). The van der Waals surface area contributed by atoms with Crippen LogP contribution in [0.5, 0.6) is 0 Å². The highest BCUT2D eigenvalue weighted by Crippen LogP contribution is 2.24. The molecule has 2 heteroatoms. The molecule has 0 radical (unpaired) electrons. The normalized spacial score (nSPS) is 13.0. The van der Waals surface area contributed by atoms with Gasteiger partial charge in [0.25, 0.3) is 0 Å². The minimum Gasteiger partial charge on any atom is -0.322 e. The molecule has 0 unspecified atom stereocenters. The number of fused-ring (bicyclic) bond motifs is 1. The standard InChI is InChI=1S/C19H20N2/c1-3-15(2)21-18-12-8-7-11-17(18)20-19(21)14-13-16-9-5-4-6-10-16/h4-15H,3H2,1-2H3/b14-13+/t15-/m0/s1. The molecule has 2 nitrogen and oxygen atoms in total. The molecule has 0 saturated heterocycles. The lowest BCUT2D eigenvalue weighted by Gasteiger charge is -2.14. The van der Waals surface area contributed by atoms with E-state index >= 15 is 0 Å². The molecule has 106 valence electrons. The van der Waals surface area contributed by atoms with Gasteiger partial charge in [-0.1, -0.05) is 55.5 Å². The first-order valence-corrected chi connectivity index (χ1v) is 7.49. The summed E-state index contributed by atoms with van der Waals surface area (Å²) in [6.07, 6.45) is 5.33. The summed E-state index contributed by atoms with van der Waals surface area (Å²) in [6, 6.07) is 19.1. The van der Waals surface area contributed by atoms with E-state index < -0.39 is 0 Å². The van der Waals surface area contributed by atoms with Crippen LogP contribution in [-0.4, -0.2) is 9.55 Å². The predicted octanol–water partition coefficient (Wildman–Crippen LogP) is 5.18. The van der Waals surface area contributed by atoms with Crippen molar-refractivity contribution in [1.29, 1.82) is 0 Å². The summed E-state index contributed by atoms with van der Waals surface area (Å²) in [5.74, 6) is 1.02. The Kier molecular flexibility index (Phi) is 3.87. The van der Waals surface area contributed by atoms with Crippen LogP contribution in [0.15, 0.2) is 54.6 Å². The smallest absolute Gasteiger partial charge is 0.134 e. The molecule has 3 aromatic rings. The fraction of sp³-hybridized carbons (Fsp3) is 0.211. The Balaban J connectivity index is 2.07. The highest BCUT2D eigenvalue weighted by molar-refractivity contribution is 5.80. The van der Waals surface area contributed by atoms with E-state index in [0.717, 1.165) is 17.8 Å². The van der Waals surface area contributed by atoms with Crippen LogP contribution in [0.2, 0.25) is 0 Å². The fourth-order valence-corrected chi connectivity index (χ4v) is 2.56. The lowest BCUT2D eigenvalue weighted by molar-refractivity contribution is 0.541. The quantitative estimate of drug-likeness (QED) is 0.642. The average Bonchev–Trinajstić information content (AvgIpc) is 2.91. The Hall–Kier alpha value is -2.35. The number of imidazole rings is 1. The summed E-state index contributed by atoms with van der Waals surface area (Å²) >= 11 is 0. The third kappa shape index (κ3) is 2.75. The average molecular weight is 276 g/mol. The van der Waals surface area contributed by atoms with Crippen LogP contribution < -0.4 is 0 Å². The monoisotopic (exact) mass is 276 g/mol. The van der Waals surface area contributed by atoms with Crippen molar-refractivity contribution in [3.8, 4) is 0 Å². The van der Waals surface area contributed by atoms with Crippen molar-refractivity contribution in [3.63, 3.8) is 0 Å². The molecule has 0 bridgehead atoms. The van der Waals surface area contributed by atoms with Crippen LogP contribution in [0, 0.1) is 0 Å². The summed E-state index contributed by atoms with van der Waals surface area (Å²) in [5.41, 5.74) is 3.46. The number of aromatic nitrogens is 2. The SMILES string of the molecule is CC[C@H](C)n1c(/C=C/c2ccccc2)nc2ccccc21. The van der Waals surface area contributed by atoms with Crippen LogP contribution in [0.25, 0.3) is 23.2 Å². The van der Waals surface area contributed by atoms with Crippen molar-refractivity contribution in [3.05, 3.63) is 66.0 Å². The highest BCUT2D eigenvalue weighted by atomic mass is 15.1. The van der Waals surface area contributed by atoms with E-state index in [1.165, 1.54) is 11.1 Å². The van der Waals surface area contributed by atoms with Gasteiger partial charge in [0.1, 0.15) is 5.82 Å². The Morgan fingerprint density at radius 3 is 2.48 bits per heavy atom. The van der Waals surface area contributed by atoms with E-state index in [2.05, 4.69) is 73.0 Å². The lowest BCUT2D eigenvalue weighted by Crippen LogP contribution is -2.05. The maximum atomic E-state index is 4.77. The lowest BCUT2D eigenvalue weighted by atomic mass is 10.2. The summed E-state index contributed by atoms with van der Waals surface area (Å²) in [6.45, 7) is 4.46. The molecule has 0 aliphatic heterocycles. The predicted molar refractivity (Wildman–Crippen MR) is 90.1 cm³/mol. The zero-order valence-corrected chi connectivity index (χ0v) is 12.5. The Labute approximate surface area is 125 Å². The van der Waals surface area contributed by atoms with Gasteiger partial charge in [-0.15, -0.1) is 0 Å². The van der Waals surface area contributed by atoms with Crippen LogP contribution in [0.4, 0.5) is 0 Å². The second kappa shape index (κ2) is 5.96. The van der Waals surface area contributed by atoms with Crippen molar-refractivity contribution >= 4 is 23.2 Å². The molecule has 0 fully saturated rings. The minimum atomic E-state index is 0.438. The number of para-hydroxylation sites is 2. The van der Waals surface area contributed by atoms with E-state index in [9.17, 15) is 0 Å². The van der Waals surface area contributed by atoms with Gasteiger partial charge >= 0.3 is 0 Å². The Bertz CT molecular complexity index is 754. The zero-order chi connectivity index (χ0) is 14.7. The van der Waals surface area contributed by atoms with Crippen LogP contribution in [0.3, 0.4) is 0 Å². The molecule has 2 aromatic carbocycles. The first-order chi connectivity index (χ1) is 10.3. The molecular formula is C19H20N2. The topological polar surface area (TPSA) is 17.8 Å². The van der Waals surface area contributed by atoms with Gasteiger partial charge in [-0.2, -0.15) is 0 Å². The van der Waals surface area contributed by atoms with Crippen molar-refractivity contribution in [2.24, 2.45) is 0 Å². The van der Waals surface area contributed by atoms with Gasteiger partial charge in [-0.25, -0.2) is 4.98 Å². The van der Waals surface area contributed by atoms with Crippen molar-refractivity contribution in [2.75, 3.05) is 0 Å².